The molecule has 0 unspecified atom stereocenters. The first kappa shape index (κ1) is 16.3. The summed E-state index contributed by atoms with van der Waals surface area (Å²) in [6, 6.07) is 5.77. The molecule has 1 aliphatic heterocycles. The number of halogens is 1. The van der Waals surface area contributed by atoms with Gasteiger partial charge >= 0.3 is 0 Å². The quantitative estimate of drug-likeness (QED) is 0.752. The number of aromatic nitrogens is 6. The van der Waals surface area contributed by atoms with E-state index in [1.165, 1.54) is 12.1 Å². The second-order valence-electron chi connectivity index (χ2n) is 6.05. The summed E-state index contributed by atoms with van der Waals surface area (Å²) in [4.78, 5) is 16.8. The summed E-state index contributed by atoms with van der Waals surface area (Å²) in [5.74, 6) is 0.281. The molecule has 3 heterocycles. The molecule has 0 saturated carbocycles. The number of rotatable bonds is 4. The average molecular weight is 357 g/mol. The average Bonchev–Trinajstić information content (AvgIpc) is 3.26. The van der Waals surface area contributed by atoms with Gasteiger partial charge in [-0.3, -0.25) is 4.79 Å². The third-order valence-corrected chi connectivity index (χ3v) is 4.28. The number of aryl methyl sites for hydroxylation is 1. The Bertz CT molecular complexity index is 905. The fourth-order valence-corrected chi connectivity index (χ4v) is 2.94. The highest BCUT2D eigenvalue weighted by Gasteiger charge is 2.28. The van der Waals surface area contributed by atoms with Gasteiger partial charge in [-0.25, -0.2) is 9.07 Å². The molecule has 4 rings (SSSR count). The second-order valence-corrected chi connectivity index (χ2v) is 6.05. The van der Waals surface area contributed by atoms with Crippen molar-refractivity contribution in [3.63, 3.8) is 0 Å². The Morgan fingerprint density at radius 2 is 2.15 bits per heavy atom. The standard InChI is InChI=1S/C16H16FN7O2/c17-11-6-4-10(5-7-11)14-19-13(26-21-14)9-18-16(25)12-3-1-2-8-24-15(12)20-22-23-24/h4-7,12H,1-3,8-9H2,(H,18,25)/t12-/m1/s1. The molecule has 3 aromatic rings. The van der Waals surface area contributed by atoms with E-state index in [4.69, 9.17) is 4.52 Å². The van der Waals surface area contributed by atoms with Crippen molar-refractivity contribution in [3.8, 4) is 11.4 Å². The molecule has 9 nitrogen and oxygen atoms in total. The molecule has 1 aromatic carbocycles. The van der Waals surface area contributed by atoms with Crippen molar-refractivity contribution in [1.29, 1.82) is 0 Å². The molecular formula is C16H16FN7O2. The van der Waals surface area contributed by atoms with Crippen LogP contribution in [0.25, 0.3) is 11.4 Å². The number of hydrogen-bond donors (Lipinski definition) is 1. The smallest absolute Gasteiger partial charge is 0.246 e. The first-order valence-electron chi connectivity index (χ1n) is 8.33. The molecule has 26 heavy (non-hydrogen) atoms. The van der Waals surface area contributed by atoms with Crippen molar-refractivity contribution in [2.75, 3.05) is 0 Å². The molecule has 0 spiro atoms. The summed E-state index contributed by atoms with van der Waals surface area (Å²) in [6.07, 6.45) is 2.54. The number of tetrazole rings is 1. The van der Waals surface area contributed by atoms with Gasteiger partial charge in [0.25, 0.3) is 0 Å². The third kappa shape index (κ3) is 3.30. The van der Waals surface area contributed by atoms with Gasteiger partial charge in [-0.05, 0) is 47.5 Å². The molecule has 0 aliphatic carbocycles. The Morgan fingerprint density at radius 1 is 1.31 bits per heavy atom. The first-order valence-corrected chi connectivity index (χ1v) is 8.33. The topological polar surface area (TPSA) is 112 Å². The number of nitrogens with one attached hydrogen (secondary N) is 1. The lowest BCUT2D eigenvalue weighted by Crippen LogP contribution is -2.30. The van der Waals surface area contributed by atoms with Gasteiger partial charge in [0.2, 0.25) is 17.6 Å². The van der Waals surface area contributed by atoms with Crippen LogP contribution in [0.2, 0.25) is 0 Å². The van der Waals surface area contributed by atoms with Gasteiger partial charge in [0.05, 0.1) is 12.5 Å². The molecule has 0 radical (unpaired) electrons. The van der Waals surface area contributed by atoms with Crippen molar-refractivity contribution in [3.05, 3.63) is 41.8 Å². The van der Waals surface area contributed by atoms with Crippen molar-refractivity contribution in [2.45, 2.75) is 38.3 Å². The highest BCUT2D eigenvalue weighted by molar-refractivity contribution is 5.82. The van der Waals surface area contributed by atoms with Gasteiger partial charge in [0.1, 0.15) is 5.82 Å². The summed E-state index contributed by atoms with van der Waals surface area (Å²) in [6.45, 7) is 0.821. The van der Waals surface area contributed by atoms with Crippen LogP contribution in [0.15, 0.2) is 28.8 Å². The van der Waals surface area contributed by atoms with Crippen molar-refractivity contribution in [1.82, 2.24) is 35.7 Å². The molecule has 1 N–H and O–H groups in total. The van der Waals surface area contributed by atoms with Gasteiger partial charge in [0.15, 0.2) is 5.82 Å². The zero-order chi connectivity index (χ0) is 17.9. The largest absolute Gasteiger partial charge is 0.346 e. The van der Waals surface area contributed by atoms with Gasteiger partial charge in [-0.2, -0.15) is 4.98 Å². The first-order chi connectivity index (χ1) is 12.7. The lowest BCUT2D eigenvalue weighted by Gasteiger charge is -2.12. The SMILES string of the molecule is O=C(NCc1nc(-c2ccc(F)cc2)no1)[C@@H]1CCCCn2nnnc21. The lowest BCUT2D eigenvalue weighted by molar-refractivity contribution is -0.123. The second kappa shape index (κ2) is 6.98. The molecular weight excluding hydrogens is 341 g/mol. The van der Waals surface area contributed by atoms with E-state index in [0.717, 1.165) is 19.4 Å². The molecule has 134 valence electrons. The summed E-state index contributed by atoms with van der Waals surface area (Å²) in [7, 11) is 0. The number of amides is 1. The van der Waals surface area contributed by atoms with Crippen LogP contribution in [0.3, 0.4) is 0 Å². The normalized spacial score (nSPS) is 16.7. The van der Waals surface area contributed by atoms with E-state index in [9.17, 15) is 9.18 Å². The Morgan fingerprint density at radius 3 is 3.00 bits per heavy atom. The number of carbonyl (C=O) groups is 1. The minimum Gasteiger partial charge on any atom is -0.346 e. The lowest BCUT2D eigenvalue weighted by atomic mass is 10.0. The van der Waals surface area contributed by atoms with Crippen LogP contribution in [0.1, 0.15) is 36.9 Å². The van der Waals surface area contributed by atoms with Crippen LogP contribution >= 0.6 is 0 Å². The Labute approximate surface area is 147 Å². The van der Waals surface area contributed by atoms with Crippen LogP contribution in [0.5, 0.6) is 0 Å². The molecule has 2 aromatic heterocycles. The molecule has 0 fully saturated rings. The Balaban J connectivity index is 1.42. The summed E-state index contributed by atoms with van der Waals surface area (Å²) >= 11 is 0. The zero-order valence-corrected chi connectivity index (χ0v) is 13.8. The summed E-state index contributed by atoms with van der Waals surface area (Å²) in [5.41, 5.74) is 0.635. The number of benzene rings is 1. The number of nitrogens with zero attached hydrogens (tertiary/aromatic N) is 6. The minimum absolute atomic E-state index is 0.102. The van der Waals surface area contributed by atoms with E-state index in [1.807, 2.05) is 0 Å². The summed E-state index contributed by atoms with van der Waals surface area (Å²) in [5, 5.41) is 18.2. The van der Waals surface area contributed by atoms with Crippen LogP contribution in [-0.2, 0) is 17.9 Å². The predicted molar refractivity (Wildman–Crippen MR) is 85.9 cm³/mol. The van der Waals surface area contributed by atoms with E-state index in [-0.39, 0.29) is 24.2 Å². The maximum Gasteiger partial charge on any atom is 0.246 e. The molecule has 1 amide bonds. The van der Waals surface area contributed by atoms with Gasteiger partial charge in [0, 0.05) is 12.1 Å². The molecule has 10 heteroatoms. The summed E-state index contributed by atoms with van der Waals surface area (Å²) < 4.78 is 19.8. The monoisotopic (exact) mass is 357 g/mol. The fraction of sp³-hybridized carbons (Fsp3) is 0.375. The highest BCUT2D eigenvalue weighted by Crippen LogP contribution is 2.24. The Hall–Kier alpha value is -3.17. The molecule has 0 bridgehead atoms. The molecule has 0 saturated heterocycles. The zero-order valence-electron chi connectivity index (χ0n) is 13.8. The van der Waals surface area contributed by atoms with E-state index in [2.05, 4.69) is 31.0 Å². The fourth-order valence-electron chi connectivity index (χ4n) is 2.94. The van der Waals surface area contributed by atoms with Crippen LogP contribution < -0.4 is 5.32 Å². The van der Waals surface area contributed by atoms with Crippen molar-refractivity contribution < 1.29 is 13.7 Å². The van der Waals surface area contributed by atoms with E-state index >= 15 is 0 Å². The predicted octanol–water partition coefficient (Wildman–Crippen LogP) is 1.45. The van der Waals surface area contributed by atoms with Crippen LogP contribution in [0.4, 0.5) is 4.39 Å². The highest BCUT2D eigenvalue weighted by atomic mass is 19.1. The maximum atomic E-state index is 13.0. The van der Waals surface area contributed by atoms with Crippen LogP contribution in [0, 0.1) is 5.82 Å². The van der Waals surface area contributed by atoms with E-state index in [0.29, 0.717) is 23.6 Å². The number of fused-ring (bicyclic) bond motifs is 1. The van der Waals surface area contributed by atoms with E-state index in [1.54, 1.807) is 16.8 Å². The van der Waals surface area contributed by atoms with Crippen molar-refractivity contribution in [2.24, 2.45) is 0 Å². The number of carbonyl (C=O) groups excluding carboxylic acids is 1. The molecule has 1 aliphatic rings. The van der Waals surface area contributed by atoms with Crippen molar-refractivity contribution >= 4 is 5.91 Å². The van der Waals surface area contributed by atoms with Gasteiger partial charge in [-0.15, -0.1) is 5.10 Å². The minimum atomic E-state index is -0.396. The third-order valence-electron chi connectivity index (χ3n) is 4.28. The Kier molecular flexibility index (Phi) is 4.38. The number of hydrogen-bond acceptors (Lipinski definition) is 7. The molecule has 1 atom stereocenters. The van der Waals surface area contributed by atoms with Crippen LogP contribution in [-0.4, -0.2) is 36.3 Å². The van der Waals surface area contributed by atoms with Gasteiger partial charge in [-0.1, -0.05) is 11.6 Å². The van der Waals surface area contributed by atoms with E-state index < -0.39 is 5.92 Å². The maximum absolute atomic E-state index is 13.0. The van der Waals surface area contributed by atoms with Gasteiger partial charge < -0.3 is 9.84 Å².